The van der Waals surface area contributed by atoms with Gasteiger partial charge in [0, 0.05) is 23.4 Å². The molecule has 0 aliphatic heterocycles. The van der Waals surface area contributed by atoms with Crippen LogP contribution in [0, 0.1) is 18.8 Å². The second-order valence-electron chi connectivity index (χ2n) is 9.78. The van der Waals surface area contributed by atoms with Crippen LogP contribution in [-0.4, -0.2) is 26.0 Å². The molecule has 2 aromatic heterocycles. The van der Waals surface area contributed by atoms with E-state index >= 15 is 0 Å². The molecule has 0 bridgehead atoms. The predicted molar refractivity (Wildman–Crippen MR) is 129 cm³/mol. The first-order chi connectivity index (χ1) is 15.1. The van der Waals surface area contributed by atoms with E-state index < -0.39 is 5.60 Å². The molecule has 2 N–H and O–H groups in total. The molecule has 0 unspecified atom stereocenters. The number of aliphatic hydroxyl groups is 1. The van der Waals surface area contributed by atoms with Crippen LogP contribution >= 0.6 is 11.3 Å². The molecule has 1 aromatic carbocycles. The lowest BCUT2D eigenvalue weighted by Gasteiger charge is -2.29. The van der Waals surface area contributed by atoms with E-state index in [0.29, 0.717) is 28.7 Å². The number of amides is 1. The van der Waals surface area contributed by atoms with Crippen molar-refractivity contribution in [1.82, 2.24) is 15.0 Å². The maximum absolute atomic E-state index is 12.8. The van der Waals surface area contributed by atoms with Gasteiger partial charge in [-0.2, -0.15) is 0 Å². The molecular weight excluding hydrogens is 420 g/mol. The lowest BCUT2D eigenvalue weighted by Crippen LogP contribution is -2.21. The monoisotopic (exact) mass is 452 g/mol. The van der Waals surface area contributed by atoms with Gasteiger partial charge in [-0.1, -0.05) is 13.8 Å². The number of benzene rings is 1. The number of carbonyl (C=O) groups excluding carboxylic acids is 1. The Kier molecular flexibility index (Phi) is 6.32. The molecule has 0 atom stereocenters. The van der Waals surface area contributed by atoms with Crippen LogP contribution in [-0.2, 0) is 5.60 Å². The van der Waals surface area contributed by atoms with Crippen LogP contribution in [0.5, 0.6) is 0 Å². The average Bonchev–Trinajstić information content (AvgIpc) is 3.15. The van der Waals surface area contributed by atoms with Gasteiger partial charge in [0.25, 0.3) is 5.91 Å². The van der Waals surface area contributed by atoms with Gasteiger partial charge in [-0.15, -0.1) is 11.3 Å². The molecule has 1 aliphatic rings. The maximum atomic E-state index is 12.8. The standard InChI is InChI=1S/C25H32N4O2S/c1-14(2)16-6-8-17(9-7-16)24-29-21-12-18(25(4,5)31)20(13-22(21)32-24)28-23(30)19-10-11-26-15(3)27-19/h10-14,16-17,31H,6-9H2,1-5H3,(H,28,30). The Balaban J connectivity index is 1.64. The highest BCUT2D eigenvalue weighted by atomic mass is 32.1. The minimum Gasteiger partial charge on any atom is -0.386 e. The van der Waals surface area contributed by atoms with Gasteiger partial charge in [-0.3, -0.25) is 4.79 Å². The van der Waals surface area contributed by atoms with Crippen molar-refractivity contribution in [3.63, 3.8) is 0 Å². The molecule has 3 aromatic rings. The third-order valence-corrected chi connectivity index (χ3v) is 7.70. The lowest BCUT2D eigenvalue weighted by molar-refractivity contribution is 0.0794. The molecule has 0 saturated heterocycles. The highest BCUT2D eigenvalue weighted by molar-refractivity contribution is 7.18. The lowest BCUT2D eigenvalue weighted by atomic mass is 9.77. The summed E-state index contributed by atoms with van der Waals surface area (Å²) >= 11 is 1.70. The summed E-state index contributed by atoms with van der Waals surface area (Å²) in [6.45, 7) is 9.83. The Morgan fingerprint density at radius 2 is 1.91 bits per heavy atom. The minimum absolute atomic E-state index is 0.297. The first kappa shape index (κ1) is 22.8. The summed E-state index contributed by atoms with van der Waals surface area (Å²) in [6.07, 6.45) is 6.44. The first-order valence-corrected chi connectivity index (χ1v) is 12.2. The highest BCUT2D eigenvalue weighted by Gasteiger charge is 2.28. The van der Waals surface area contributed by atoms with E-state index in [9.17, 15) is 9.90 Å². The molecule has 32 heavy (non-hydrogen) atoms. The molecule has 1 saturated carbocycles. The Morgan fingerprint density at radius 3 is 2.53 bits per heavy atom. The van der Waals surface area contributed by atoms with Crippen molar-refractivity contribution in [2.45, 2.75) is 71.8 Å². The number of hydrogen-bond donors (Lipinski definition) is 2. The molecule has 1 aliphatic carbocycles. The van der Waals surface area contributed by atoms with E-state index in [1.165, 1.54) is 30.7 Å². The fraction of sp³-hybridized carbons (Fsp3) is 0.520. The number of fused-ring (bicyclic) bond motifs is 1. The number of aryl methyl sites for hydroxylation is 1. The normalized spacial score (nSPS) is 19.5. The zero-order chi connectivity index (χ0) is 23.0. The topological polar surface area (TPSA) is 88.0 Å². The number of anilines is 1. The summed E-state index contributed by atoms with van der Waals surface area (Å²) in [4.78, 5) is 26.0. The number of carbonyl (C=O) groups is 1. The van der Waals surface area contributed by atoms with Crippen LogP contribution in [0.2, 0.25) is 0 Å². The quantitative estimate of drug-likeness (QED) is 0.510. The van der Waals surface area contributed by atoms with Gasteiger partial charge in [0.2, 0.25) is 0 Å². The summed E-state index contributed by atoms with van der Waals surface area (Å²) in [5.74, 6) is 2.27. The van der Waals surface area contributed by atoms with Gasteiger partial charge in [0.05, 0.1) is 20.8 Å². The first-order valence-electron chi connectivity index (χ1n) is 11.4. The predicted octanol–water partition coefficient (Wildman–Crippen LogP) is 5.80. The maximum Gasteiger partial charge on any atom is 0.274 e. The van der Waals surface area contributed by atoms with Gasteiger partial charge in [-0.05, 0) is 76.5 Å². The SMILES string of the molecule is Cc1nccc(C(=O)Nc2cc3sc(C4CCC(C(C)C)CC4)nc3cc2C(C)(C)O)n1. The van der Waals surface area contributed by atoms with Crippen LogP contribution in [0.4, 0.5) is 5.69 Å². The van der Waals surface area contributed by atoms with Crippen molar-refractivity contribution < 1.29 is 9.90 Å². The summed E-state index contributed by atoms with van der Waals surface area (Å²) in [6, 6.07) is 5.44. The summed E-state index contributed by atoms with van der Waals surface area (Å²) in [5.41, 5.74) is 1.28. The van der Waals surface area contributed by atoms with Crippen LogP contribution in [0.25, 0.3) is 10.2 Å². The second-order valence-corrected chi connectivity index (χ2v) is 10.8. The Bertz CT molecular complexity index is 1120. The second kappa shape index (κ2) is 8.87. The van der Waals surface area contributed by atoms with Crippen molar-refractivity contribution in [1.29, 1.82) is 0 Å². The Morgan fingerprint density at radius 1 is 1.19 bits per heavy atom. The highest BCUT2D eigenvalue weighted by Crippen LogP contribution is 2.42. The molecule has 0 radical (unpaired) electrons. The van der Waals surface area contributed by atoms with Crippen molar-refractivity contribution in [3.8, 4) is 0 Å². The zero-order valence-electron chi connectivity index (χ0n) is 19.5. The largest absolute Gasteiger partial charge is 0.386 e. The van der Waals surface area contributed by atoms with Crippen molar-refractivity contribution in [2.75, 3.05) is 5.32 Å². The number of nitrogens with zero attached hydrogens (tertiary/aromatic N) is 3. The van der Waals surface area contributed by atoms with Crippen molar-refractivity contribution in [2.24, 2.45) is 11.8 Å². The third kappa shape index (κ3) is 4.84. The summed E-state index contributed by atoms with van der Waals surface area (Å²) in [7, 11) is 0. The van der Waals surface area contributed by atoms with Crippen molar-refractivity contribution >= 4 is 33.1 Å². The Hall–Kier alpha value is -2.38. The summed E-state index contributed by atoms with van der Waals surface area (Å²) < 4.78 is 1.02. The molecule has 1 fully saturated rings. The molecule has 7 heteroatoms. The van der Waals surface area contributed by atoms with Gasteiger partial charge < -0.3 is 10.4 Å². The van der Waals surface area contributed by atoms with E-state index in [0.717, 1.165) is 22.1 Å². The van der Waals surface area contributed by atoms with E-state index in [1.807, 2.05) is 12.1 Å². The van der Waals surface area contributed by atoms with Crippen LogP contribution < -0.4 is 5.32 Å². The van der Waals surface area contributed by atoms with E-state index in [1.54, 1.807) is 44.4 Å². The number of aromatic nitrogens is 3. The Labute approximate surface area is 193 Å². The fourth-order valence-corrected chi connectivity index (χ4v) is 5.74. The van der Waals surface area contributed by atoms with Gasteiger partial charge in [0.15, 0.2) is 0 Å². The zero-order valence-corrected chi connectivity index (χ0v) is 20.3. The molecule has 6 nitrogen and oxygen atoms in total. The van der Waals surface area contributed by atoms with Crippen LogP contribution in [0.3, 0.4) is 0 Å². The summed E-state index contributed by atoms with van der Waals surface area (Å²) in [5, 5.41) is 14.9. The molecular formula is C25H32N4O2S. The van der Waals surface area contributed by atoms with Gasteiger partial charge in [0.1, 0.15) is 11.5 Å². The molecule has 170 valence electrons. The molecule has 0 spiro atoms. The van der Waals surface area contributed by atoms with Gasteiger partial charge >= 0.3 is 0 Å². The fourth-order valence-electron chi connectivity index (χ4n) is 4.58. The molecule has 1 amide bonds. The average molecular weight is 453 g/mol. The van der Waals surface area contributed by atoms with Gasteiger partial charge in [-0.25, -0.2) is 15.0 Å². The van der Waals surface area contributed by atoms with E-state index in [2.05, 4.69) is 29.1 Å². The number of nitrogens with one attached hydrogen (secondary N) is 1. The van der Waals surface area contributed by atoms with Crippen molar-refractivity contribution in [3.05, 3.63) is 46.5 Å². The van der Waals surface area contributed by atoms with Crippen LogP contribution in [0.1, 0.15) is 86.2 Å². The number of rotatable bonds is 5. The minimum atomic E-state index is -1.13. The van der Waals surface area contributed by atoms with Crippen LogP contribution in [0.15, 0.2) is 24.4 Å². The smallest absolute Gasteiger partial charge is 0.274 e. The number of hydrogen-bond acceptors (Lipinski definition) is 6. The third-order valence-electron chi connectivity index (χ3n) is 6.52. The molecule has 2 heterocycles. The molecule has 4 rings (SSSR count). The van der Waals surface area contributed by atoms with E-state index in [4.69, 9.17) is 4.98 Å². The number of thiazole rings is 1. The van der Waals surface area contributed by atoms with E-state index in [-0.39, 0.29) is 5.91 Å².